The van der Waals surface area contributed by atoms with Crippen LogP contribution in [0.4, 0.5) is 5.69 Å². The number of hydrogen-bond donors (Lipinski definition) is 2. The van der Waals surface area contributed by atoms with Crippen LogP contribution in [0.5, 0.6) is 0 Å². The molecule has 6 nitrogen and oxygen atoms in total. The number of carbonyl (C=O) groups is 1. The number of nitrogens with one attached hydrogen (secondary N) is 1. The van der Waals surface area contributed by atoms with Crippen LogP contribution in [0.3, 0.4) is 0 Å². The fourth-order valence-electron chi connectivity index (χ4n) is 2.60. The predicted molar refractivity (Wildman–Crippen MR) is 88.3 cm³/mol. The number of fused-ring (bicyclic) bond motifs is 1. The van der Waals surface area contributed by atoms with Crippen LogP contribution in [0, 0.1) is 6.92 Å². The highest BCUT2D eigenvalue weighted by Crippen LogP contribution is 2.23. The Morgan fingerprint density at radius 3 is 2.83 bits per heavy atom. The largest absolute Gasteiger partial charge is 0.389 e. The molecule has 0 aliphatic rings. The maximum absolute atomic E-state index is 12.5. The van der Waals surface area contributed by atoms with Crippen molar-refractivity contribution >= 4 is 22.6 Å². The van der Waals surface area contributed by atoms with Gasteiger partial charge in [-0.1, -0.05) is 18.2 Å². The average Bonchev–Trinajstić information content (AvgIpc) is 2.82. The van der Waals surface area contributed by atoms with Gasteiger partial charge in [0.15, 0.2) is 5.65 Å². The van der Waals surface area contributed by atoms with Crippen molar-refractivity contribution in [2.75, 3.05) is 5.32 Å². The molecule has 2 heterocycles. The van der Waals surface area contributed by atoms with E-state index in [-0.39, 0.29) is 5.91 Å². The van der Waals surface area contributed by atoms with Gasteiger partial charge >= 0.3 is 0 Å². The number of benzene rings is 1. The second-order valence-corrected chi connectivity index (χ2v) is 5.52. The number of aromatic nitrogens is 3. The molecule has 3 rings (SSSR count). The van der Waals surface area contributed by atoms with Crippen LogP contribution in [0.25, 0.3) is 11.0 Å². The van der Waals surface area contributed by atoms with Crippen LogP contribution in [0.1, 0.15) is 34.6 Å². The molecule has 1 unspecified atom stereocenters. The normalized spacial score (nSPS) is 12.3. The number of amides is 1. The van der Waals surface area contributed by atoms with E-state index in [0.717, 1.165) is 16.7 Å². The van der Waals surface area contributed by atoms with E-state index in [1.54, 1.807) is 29.8 Å². The zero-order chi connectivity index (χ0) is 16.6. The number of aryl methyl sites for hydroxylation is 2. The van der Waals surface area contributed by atoms with Crippen LogP contribution >= 0.6 is 0 Å². The molecule has 0 radical (unpaired) electrons. The third-order valence-electron chi connectivity index (χ3n) is 3.78. The molecular formula is C17H18N4O2. The molecule has 1 atom stereocenters. The highest BCUT2D eigenvalue weighted by atomic mass is 16.3. The summed E-state index contributed by atoms with van der Waals surface area (Å²) in [5.41, 5.74) is 3.29. The standard InChI is InChI=1S/C17H18N4O2/c1-10-14-8-12(9-18-16(14)21(3)20-10)17(23)19-15-7-5-4-6-13(15)11(2)22/h4-9,11,22H,1-3H3,(H,19,23). The molecule has 0 saturated heterocycles. The van der Waals surface area contributed by atoms with E-state index in [1.165, 1.54) is 6.20 Å². The Morgan fingerprint density at radius 2 is 2.09 bits per heavy atom. The number of aliphatic hydroxyl groups is 1. The van der Waals surface area contributed by atoms with Gasteiger partial charge in [-0.3, -0.25) is 9.48 Å². The molecule has 0 bridgehead atoms. The van der Waals surface area contributed by atoms with Gasteiger partial charge in [-0.25, -0.2) is 4.98 Å². The molecule has 3 aromatic rings. The summed E-state index contributed by atoms with van der Waals surface area (Å²) in [5.74, 6) is -0.268. The van der Waals surface area contributed by atoms with Gasteiger partial charge < -0.3 is 10.4 Å². The Kier molecular flexibility index (Phi) is 3.83. The van der Waals surface area contributed by atoms with Crippen molar-refractivity contribution in [3.63, 3.8) is 0 Å². The first-order valence-electron chi connectivity index (χ1n) is 7.35. The van der Waals surface area contributed by atoms with Gasteiger partial charge in [0.05, 0.1) is 17.4 Å². The maximum Gasteiger partial charge on any atom is 0.257 e. The number of rotatable bonds is 3. The molecule has 6 heteroatoms. The summed E-state index contributed by atoms with van der Waals surface area (Å²) in [6, 6.07) is 8.97. The van der Waals surface area contributed by atoms with Crippen LogP contribution < -0.4 is 5.32 Å². The van der Waals surface area contributed by atoms with E-state index in [1.807, 2.05) is 26.1 Å². The van der Waals surface area contributed by atoms with Crippen LogP contribution in [0.15, 0.2) is 36.5 Å². The number of anilines is 1. The topological polar surface area (TPSA) is 80.0 Å². The van der Waals surface area contributed by atoms with Gasteiger partial charge in [0.25, 0.3) is 5.91 Å². The van der Waals surface area contributed by atoms with E-state index < -0.39 is 6.10 Å². The molecule has 1 amide bonds. The van der Waals surface area contributed by atoms with E-state index in [0.29, 0.717) is 16.8 Å². The molecule has 1 aromatic carbocycles. The Morgan fingerprint density at radius 1 is 1.35 bits per heavy atom. The number of pyridine rings is 1. The summed E-state index contributed by atoms with van der Waals surface area (Å²) >= 11 is 0. The summed E-state index contributed by atoms with van der Waals surface area (Å²) in [4.78, 5) is 16.8. The highest BCUT2D eigenvalue weighted by Gasteiger charge is 2.14. The summed E-state index contributed by atoms with van der Waals surface area (Å²) in [6.07, 6.45) is 0.872. The second-order valence-electron chi connectivity index (χ2n) is 5.52. The molecular weight excluding hydrogens is 292 g/mol. The lowest BCUT2D eigenvalue weighted by Crippen LogP contribution is -2.14. The first kappa shape index (κ1) is 15.2. The van der Waals surface area contributed by atoms with Crippen molar-refractivity contribution in [2.45, 2.75) is 20.0 Å². The third kappa shape index (κ3) is 2.80. The fourth-order valence-corrected chi connectivity index (χ4v) is 2.60. The highest BCUT2D eigenvalue weighted by molar-refractivity contribution is 6.06. The molecule has 23 heavy (non-hydrogen) atoms. The van der Waals surface area contributed by atoms with Gasteiger partial charge in [-0.05, 0) is 26.0 Å². The summed E-state index contributed by atoms with van der Waals surface area (Å²) in [7, 11) is 1.82. The number of hydrogen-bond acceptors (Lipinski definition) is 4. The predicted octanol–water partition coefficient (Wildman–Crippen LogP) is 2.58. The monoisotopic (exact) mass is 310 g/mol. The van der Waals surface area contributed by atoms with Gasteiger partial charge in [-0.15, -0.1) is 0 Å². The molecule has 2 aromatic heterocycles. The molecule has 0 fully saturated rings. The van der Waals surface area contributed by atoms with Crippen LogP contribution in [0.2, 0.25) is 0 Å². The first-order valence-corrected chi connectivity index (χ1v) is 7.35. The lowest BCUT2D eigenvalue weighted by atomic mass is 10.1. The van der Waals surface area contributed by atoms with Gasteiger partial charge in [0.1, 0.15) is 0 Å². The van der Waals surface area contributed by atoms with Crippen molar-refractivity contribution in [3.05, 3.63) is 53.3 Å². The summed E-state index contributed by atoms with van der Waals surface area (Å²) in [6.45, 7) is 3.55. The Hall–Kier alpha value is -2.73. The first-order chi connectivity index (χ1) is 11.0. The SMILES string of the molecule is Cc1nn(C)c2ncc(C(=O)Nc3ccccc3C(C)O)cc12. The van der Waals surface area contributed by atoms with Gasteiger partial charge in [-0.2, -0.15) is 5.10 Å². The van der Waals surface area contributed by atoms with E-state index in [4.69, 9.17) is 0 Å². The molecule has 2 N–H and O–H groups in total. The van der Waals surface area contributed by atoms with Crippen molar-refractivity contribution in [2.24, 2.45) is 7.05 Å². The van der Waals surface area contributed by atoms with Crippen LogP contribution in [-0.4, -0.2) is 25.8 Å². The number of carbonyl (C=O) groups excluding carboxylic acids is 1. The second kappa shape index (κ2) is 5.81. The molecule has 0 spiro atoms. The maximum atomic E-state index is 12.5. The minimum absolute atomic E-state index is 0.268. The molecule has 0 aliphatic carbocycles. The Labute approximate surface area is 133 Å². The summed E-state index contributed by atoms with van der Waals surface area (Å²) < 4.78 is 1.69. The number of nitrogens with zero attached hydrogens (tertiary/aromatic N) is 3. The molecule has 0 aliphatic heterocycles. The quantitative estimate of drug-likeness (QED) is 0.779. The van der Waals surface area contributed by atoms with Crippen molar-refractivity contribution in [1.82, 2.24) is 14.8 Å². The minimum Gasteiger partial charge on any atom is -0.389 e. The third-order valence-corrected chi connectivity index (χ3v) is 3.78. The van der Waals surface area contributed by atoms with E-state index in [9.17, 15) is 9.90 Å². The number of aliphatic hydroxyl groups excluding tert-OH is 1. The summed E-state index contributed by atoms with van der Waals surface area (Å²) in [5, 5.41) is 17.8. The van der Waals surface area contributed by atoms with E-state index >= 15 is 0 Å². The fraction of sp³-hybridized carbons (Fsp3) is 0.235. The smallest absolute Gasteiger partial charge is 0.257 e. The van der Waals surface area contributed by atoms with Crippen LogP contribution in [-0.2, 0) is 7.05 Å². The lowest BCUT2D eigenvalue weighted by molar-refractivity contribution is 0.102. The Balaban J connectivity index is 1.94. The lowest BCUT2D eigenvalue weighted by Gasteiger charge is -2.13. The Bertz CT molecular complexity index is 883. The molecule has 118 valence electrons. The minimum atomic E-state index is -0.660. The zero-order valence-corrected chi connectivity index (χ0v) is 13.2. The van der Waals surface area contributed by atoms with Crippen molar-refractivity contribution in [1.29, 1.82) is 0 Å². The molecule has 0 saturated carbocycles. The van der Waals surface area contributed by atoms with Gasteiger partial charge in [0.2, 0.25) is 0 Å². The van der Waals surface area contributed by atoms with Crippen molar-refractivity contribution < 1.29 is 9.90 Å². The van der Waals surface area contributed by atoms with Crippen molar-refractivity contribution in [3.8, 4) is 0 Å². The zero-order valence-electron chi connectivity index (χ0n) is 13.2. The van der Waals surface area contributed by atoms with E-state index in [2.05, 4.69) is 15.4 Å². The average molecular weight is 310 g/mol. The van der Waals surface area contributed by atoms with Gasteiger partial charge in [0, 0.05) is 29.9 Å². The number of para-hydroxylation sites is 1.